The Balaban J connectivity index is 3.52. The van der Waals surface area contributed by atoms with E-state index in [4.69, 9.17) is 0 Å². The van der Waals surface area contributed by atoms with Gasteiger partial charge in [-0.05, 0) is 13.3 Å². The Kier molecular flexibility index (Phi) is 4.58. The van der Waals surface area contributed by atoms with E-state index in [0.717, 1.165) is 0 Å². The van der Waals surface area contributed by atoms with Crippen molar-refractivity contribution in [1.29, 1.82) is 0 Å². The standard InChI is InChI=1S/C7H13NO2/c1-4-6(3)7(9)10-8-5-2/h8H,3-5H2,1-2H3. The van der Waals surface area contributed by atoms with E-state index in [2.05, 4.69) is 16.9 Å². The van der Waals surface area contributed by atoms with Crippen LogP contribution in [0.2, 0.25) is 0 Å². The molecule has 0 aliphatic rings. The summed E-state index contributed by atoms with van der Waals surface area (Å²) in [5, 5.41) is 0. The fourth-order valence-corrected chi connectivity index (χ4v) is 0.354. The van der Waals surface area contributed by atoms with Gasteiger partial charge in [-0.1, -0.05) is 13.5 Å². The highest BCUT2D eigenvalue weighted by Crippen LogP contribution is 1.96. The summed E-state index contributed by atoms with van der Waals surface area (Å²) in [5.41, 5.74) is 2.94. The molecule has 0 aromatic carbocycles. The van der Waals surface area contributed by atoms with E-state index in [9.17, 15) is 4.79 Å². The van der Waals surface area contributed by atoms with E-state index < -0.39 is 0 Å². The van der Waals surface area contributed by atoms with Crippen molar-refractivity contribution < 1.29 is 9.63 Å². The fraction of sp³-hybridized carbons (Fsp3) is 0.571. The summed E-state index contributed by atoms with van der Waals surface area (Å²) in [4.78, 5) is 15.3. The molecule has 0 heterocycles. The molecule has 0 atom stereocenters. The molecule has 0 radical (unpaired) electrons. The molecule has 0 aliphatic carbocycles. The van der Waals surface area contributed by atoms with E-state index in [-0.39, 0.29) is 5.97 Å². The highest BCUT2D eigenvalue weighted by atomic mass is 16.7. The van der Waals surface area contributed by atoms with Gasteiger partial charge in [0.1, 0.15) is 0 Å². The number of nitrogens with one attached hydrogen (secondary N) is 1. The van der Waals surface area contributed by atoms with Gasteiger partial charge >= 0.3 is 5.97 Å². The molecule has 58 valence electrons. The topological polar surface area (TPSA) is 38.3 Å². The van der Waals surface area contributed by atoms with Crippen molar-refractivity contribution >= 4 is 5.97 Å². The van der Waals surface area contributed by atoms with Gasteiger partial charge in [0, 0.05) is 12.1 Å². The molecule has 0 fully saturated rings. The molecule has 0 bridgehead atoms. The van der Waals surface area contributed by atoms with E-state index in [0.29, 0.717) is 18.5 Å². The fourth-order valence-electron chi connectivity index (χ4n) is 0.354. The third-order valence-corrected chi connectivity index (χ3v) is 1.02. The van der Waals surface area contributed by atoms with E-state index in [1.165, 1.54) is 0 Å². The Bertz CT molecular complexity index is 132. The molecular weight excluding hydrogens is 130 g/mol. The summed E-state index contributed by atoms with van der Waals surface area (Å²) >= 11 is 0. The normalized spacial score (nSPS) is 9.00. The third-order valence-electron chi connectivity index (χ3n) is 1.02. The zero-order chi connectivity index (χ0) is 7.98. The highest BCUT2D eigenvalue weighted by molar-refractivity contribution is 5.87. The monoisotopic (exact) mass is 143 g/mol. The number of hydrogen-bond donors (Lipinski definition) is 1. The van der Waals surface area contributed by atoms with Gasteiger partial charge in [0.15, 0.2) is 0 Å². The van der Waals surface area contributed by atoms with Crippen LogP contribution in [0.1, 0.15) is 20.3 Å². The first-order chi connectivity index (χ1) is 4.72. The minimum atomic E-state index is -0.371. The van der Waals surface area contributed by atoms with Crippen LogP contribution < -0.4 is 5.48 Å². The molecule has 0 rings (SSSR count). The van der Waals surface area contributed by atoms with E-state index in [1.54, 1.807) is 0 Å². The molecule has 0 aromatic rings. The summed E-state index contributed by atoms with van der Waals surface area (Å²) in [6.45, 7) is 7.83. The molecule has 3 nitrogen and oxygen atoms in total. The number of rotatable bonds is 4. The Hall–Kier alpha value is -0.830. The van der Waals surface area contributed by atoms with Crippen molar-refractivity contribution in [1.82, 2.24) is 5.48 Å². The van der Waals surface area contributed by atoms with Crippen LogP contribution in [-0.2, 0) is 9.63 Å². The summed E-state index contributed by atoms with van der Waals surface area (Å²) in [6.07, 6.45) is 0.629. The molecule has 0 amide bonds. The van der Waals surface area contributed by atoms with Gasteiger partial charge in [0.05, 0.1) is 0 Å². The van der Waals surface area contributed by atoms with Crippen molar-refractivity contribution in [2.75, 3.05) is 6.54 Å². The number of carbonyl (C=O) groups is 1. The summed E-state index contributed by atoms with van der Waals surface area (Å²) in [7, 11) is 0. The molecule has 0 unspecified atom stereocenters. The van der Waals surface area contributed by atoms with Crippen LogP contribution in [0, 0.1) is 0 Å². The second-order valence-corrected chi connectivity index (χ2v) is 1.84. The minimum Gasteiger partial charge on any atom is -0.367 e. The molecule has 0 saturated carbocycles. The molecular formula is C7H13NO2. The zero-order valence-corrected chi connectivity index (χ0v) is 6.44. The maximum absolute atomic E-state index is 10.7. The molecule has 0 aliphatic heterocycles. The van der Waals surface area contributed by atoms with Gasteiger partial charge in [-0.3, -0.25) is 0 Å². The quantitative estimate of drug-likeness (QED) is 0.471. The molecule has 1 N–H and O–H groups in total. The van der Waals surface area contributed by atoms with Crippen LogP contribution >= 0.6 is 0 Å². The first-order valence-electron chi connectivity index (χ1n) is 3.34. The van der Waals surface area contributed by atoms with Crippen LogP contribution in [-0.4, -0.2) is 12.5 Å². The summed E-state index contributed by atoms with van der Waals surface area (Å²) in [6, 6.07) is 0. The first kappa shape index (κ1) is 9.17. The van der Waals surface area contributed by atoms with Crippen molar-refractivity contribution in [3.8, 4) is 0 Å². The molecule has 3 heteroatoms. The molecule has 0 saturated heterocycles. The van der Waals surface area contributed by atoms with Crippen molar-refractivity contribution in [3.63, 3.8) is 0 Å². The number of hydroxylamine groups is 1. The lowest BCUT2D eigenvalue weighted by Gasteiger charge is -2.02. The Morgan fingerprint density at radius 1 is 1.60 bits per heavy atom. The smallest absolute Gasteiger partial charge is 0.352 e. The van der Waals surface area contributed by atoms with E-state index in [1.807, 2.05) is 13.8 Å². The second kappa shape index (κ2) is 4.99. The van der Waals surface area contributed by atoms with Crippen LogP contribution in [0.4, 0.5) is 0 Å². The molecule has 0 aromatic heterocycles. The lowest BCUT2D eigenvalue weighted by molar-refractivity contribution is -0.146. The predicted molar refractivity (Wildman–Crippen MR) is 39.2 cm³/mol. The third kappa shape index (κ3) is 3.25. The number of carbonyl (C=O) groups excluding carboxylic acids is 1. The predicted octanol–water partition coefficient (Wildman–Crippen LogP) is 1.02. The largest absolute Gasteiger partial charge is 0.367 e. The second-order valence-electron chi connectivity index (χ2n) is 1.84. The first-order valence-corrected chi connectivity index (χ1v) is 3.34. The SMILES string of the molecule is C=C(CC)C(=O)ONCC. The van der Waals surface area contributed by atoms with Gasteiger partial charge < -0.3 is 4.84 Å². The van der Waals surface area contributed by atoms with E-state index >= 15 is 0 Å². The summed E-state index contributed by atoms with van der Waals surface area (Å²) < 4.78 is 0. The minimum absolute atomic E-state index is 0.371. The lowest BCUT2D eigenvalue weighted by atomic mass is 10.2. The number of hydrogen-bond acceptors (Lipinski definition) is 3. The van der Waals surface area contributed by atoms with Crippen LogP contribution in [0.3, 0.4) is 0 Å². The van der Waals surface area contributed by atoms with Crippen molar-refractivity contribution in [2.45, 2.75) is 20.3 Å². The van der Waals surface area contributed by atoms with Gasteiger partial charge in [-0.2, -0.15) is 5.48 Å². The van der Waals surface area contributed by atoms with Gasteiger partial charge in [0.2, 0.25) is 0 Å². The van der Waals surface area contributed by atoms with Crippen molar-refractivity contribution in [3.05, 3.63) is 12.2 Å². The van der Waals surface area contributed by atoms with Crippen LogP contribution in [0.15, 0.2) is 12.2 Å². The molecule has 10 heavy (non-hydrogen) atoms. The Morgan fingerprint density at radius 2 is 2.20 bits per heavy atom. The lowest BCUT2D eigenvalue weighted by Crippen LogP contribution is -2.20. The Morgan fingerprint density at radius 3 is 2.60 bits per heavy atom. The zero-order valence-electron chi connectivity index (χ0n) is 6.44. The average Bonchev–Trinajstić information content (AvgIpc) is 1.98. The summed E-state index contributed by atoms with van der Waals surface area (Å²) in [5.74, 6) is -0.371. The van der Waals surface area contributed by atoms with Gasteiger partial charge in [-0.25, -0.2) is 4.79 Å². The van der Waals surface area contributed by atoms with Crippen LogP contribution in [0.25, 0.3) is 0 Å². The average molecular weight is 143 g/mol. The maximum Gasteiger partial charge on any atom is 0.352 e. The highest BCUT2D eigenvalue weighted by Gasteiger charge is 2.04. The Labute approximate surface area is 61.0 Å². The molecule has 0 spiro atoms. The maximum atomic E-state index is 10.7. The van der Waals surface area contributed by atoms with Crippen LogP contribution in [0.5, 0.6) is 0 Å². The van der Waals surface area contributed by atoms with Gasteiger partial charge in [-0.15, -0.1) is 0 Å². The van der Waals surface area contributed by atoms with Gasteiger partial charge in [0.25, 0.3) is 0 Å². The van der Waals surface area contributed by atoms with Crippen molar-refractivity contribution in [2.24, 2.45) is 0 Å².